The predicted octanol–water partition coefficient (Wildman–Crippen LogP) is 2.74. The molecular weight excluding hydrogens is 302 g/mol. The number of hydrogen-bond donors (Lipinski definition) is 0. The molecule has 1 amide bonds. The number of ether oxygens (including phenoxy) is 3. The van der Waals surface area contributed by atoms with Crippen LogP contribution in [0.1, 0.15) is 38.1 Å². The van der Waals surface area contributed by atoms with Crippen molar-refractivity contribution in [2.75, 3.05) is 18.7 Å². The molecule has 0 aliphatic carbocycles. The highest BCUT2D eigenvalue weighted by atomic mass is 16.6. The third kappa shape index (κ3) is 5.98. The molecule has 23 heavy (non-hydrogen) atoms. The Hall–Kier alpha value is -2.57. The van der Waals surface area contributed by atoms with Crippen LogP contribution in [0.25, 0.3) is 0 Å². The number of benzene rings is 1. The molecule has 0 heterocycles. The summed E-state index contributed by atoms with van der Waals surface area (Å²) in [6.07, 6.45) is -0.662. The highest BCUT2D eigenvalue weighted by Gasteiger charge is 2.24. The average Bonchev–Trinajstić information content (AvgIpc) is 2.45. The van der Waals surface area contributed by atoms with Crippen molar-refractivity contribution in [1.29, 1.82) is 0 Å². The Kier molecular flexibility index (Phi) is 6.12. The molecule has 1 aromatic rings. The van der Waals surface area contributed by atoms with Gasteiger partial charge in [-0.15, -0.1) is 0 Å². The van der Waals surface area contributed by atoms with E-state index in [1.807, 2.05) is 0 Å². The minimum Gasteiger partial charge on any atom is -0.465 e. The number of esters is 2. The van der Waals surface area contributed by atoms with Gasteiger partial charge in [0.25, 0.3) is 0 Å². The van der Waals surface area contributed by atoms with Crippen LogP contribution in [-0.2, 0) is 19.0 Å². The minimum atomic E-state index is -0.697. The molecular formula is C16H21NO6. The summed E-state index contributed by atoms with van der Waals surface area (Å²) in [6, 6.07) is 6.10. The lowest BCUT2D eigenvalue weighted by Crippen LogP contribution is -2.38. The standard InChI is InChI=1S/C16H21NO6/c1-11(18)22-10-17(15(20)23-16(2,3)4)13-8-6-12(7-9-13)14(19)21-5/h6-9H,10H2,1-5H3. The van der Waals surface area contributed by atoms with Crippen LogP contribution >= 0.6 is 0 Å². The zero-order chi connectivity index (χ0) is 17.6. The molecule has 0 saturated carbocycles. The summed E-state index contributed by atoms with van der Waals surface area (Å²) in [5.74, 6) is -1.01. The third-order valence-electron chi connectivity index (χ3n) is 2.61. The first-order valence-corrected chi connectivity index (χ1v) is 6.96. The monoisotopic (exact) mass is 323 g/mol. The number of anilines is 1. The maximum Gasteiger partial charge on any atom is 0.417 e. The van der Waals surface area contributed by atoms with Gasteiger partial charge in [-0.25, -0.2) is 14.5 Å². The predicted molar refractivity (Wildman–Crippen MR) is 83.1 cm³/mol. The molecule has 0 N–H and O–H groups in total. The molecule has 0 saturated heterocycles. The fourth-order valence-corrected chi connectivity index (χ4v) is 1.60. The van der Waals surface area contributed by atoms with Crippen LogP contribution in [0.2, 0.25) is 0 Å². The summed E-state index contributed by atoms with van der Waals surface area (Å²) in [7, 11) is 1.28. The molecule has 1 rings (SSSR count). The lowest BCUT2D eigenvalue weighted by molar-refractivity contribution is -0.140. The molecule has 1 aromatic carbocycles. The SMILES string of the molecule is COC(=O)c1ccc(N(COC(C)=O)C(=O)OC(C)(C)C)cc1. The number of nitrogens with zero attached hydrogens (tertiary/aromatic N) is 1. The van der Waals surface area contributed by atoms with E-state index in [1.54, 1.807) is 32.9 Å². The van der Waals surface area contributed by atoms with Gasteiger partial charge in [0.15, 0.2) is 6.73 Å². The van der Waals surface area contributed by atoms with Gasteiger partial charge >= 0.3 is 18.0 Å². The Morgan fingerprint density at radius 3 is 2.09 bits per heavy atom. The van der Waals surface area contributed by atoms with E-state index in [2.05, 4.69) is 4.74 Å². The highest BCUT2D eigenvalue weighted by Crippen LogP contribution is 2.19. The normalized spacial score (nSPS) is 10.7. The van der Waals surface area contributed by atoms with Crippen molar-refractivity contribution >= 4 is 23.7 Å². The Morgan fingerprint density at radius 1 is 1.09 bits per heavy atom. The van der Waals surface area contributed by atoms with E-state index in [4.69, 9.17) is 9.47 Å². The van der Waals surface area contributed by atoms with Gasteiger partial charge in [-0.05, 0) is 45.0 Å². The van der Waals surface area contributed by atoms with E-state index < -0.39 is 23.6 Å². The van der Waals surface area contributed by atoms with Crippen molar-refractivity contribution in [3.63, 3.8) is 0 Å². The van der Waals surface area contributed by atoms with Gasteiger partial charge in [0.05, 0.1) is 18.4 Å². The molecule has 0 bridgehead atoms. The van der Waals surface area contributed by atoms with Crippen molar-refractivity contribution in [2.24, 2.45) is 0 Å². The van der Waals surface area contributed by atoms with E-state index in [0.717, 1.165) is 4.90 Å². The van der Waals surface area contributed by atoms with Crippen LogP contribution in [0.4, 0.5) is 10.5 Å². The summed E-state index contributed by atoms with van der Waals surface area (Å²) >= 11 is 0. The smallest absolute Gasteiger partial charge is 0.417 e. The third-order valence-corrected chi connectivity index (χ3v) is 2.61. The number of carbonyl (C=O) groups excluding carboxylic acids is 3. The second kappa shape index (κ2) is 7.62. The van der Waals surface area contributed by atoms with Gasteiger partial charge in [0.2, 0.25) is 0 Å². The summed E-state index contributed by atoms with van der Waals surface area (Å²) in [6.45, 7) is 6.15. The summed E-state index contributed by atoms with van der Waals surface area (Å²) in [4.78, 5) is 35.9. The maximum absolute atomic E-state index is 12.3. The molecule has 0 atom stereocenters. The maximum atomic E-state index is 12.3. The van der Waals surface area contributed by atoms with Crippen LogP contribution in [0.15, 0.2) is 24.3 Å². The average molecular weight is 323 g/mol. The zero-order valence-corrected chi connectivity index (χ0v) is 13.9. The molecule has 0 unspecified atom stereocenters. The second-order valence-electron chi connectivity index (χ2n) is 5.71. The van der Waals surface area contributed by atoms with E-state index in [9.17, 15) is 14.4 Å². The molecule has 7 heteroatoms. The number of amides is 1. The number of hydrogen-bond acceptors (Lipinski definition) is 6. The van der Waals surface area contributed by atoms with E-state index in [0.29, 0.717) is 11.3 Å². The van der Waals surface area contributed by atoms with Crippen molar-refractivity contribution in [3.8, 4) is 0 Å². The molecule has 126 valence electrons. The van der Waals surface area contributed by atoms with Crippen LogP contribution in [-0.4, -0.2) is 37.5 Å². The molecule has 7 nitrogen and oxygen atoms in total. The second-order valence-corrected chi connectivity index (χ2v) is 5.71. The summed E-state index contributed by atoms with van der Waals surface area (Å²) in [5, 5.41) is 0. The van der Waals surface area contributed by atoms with Gasteiger partial charge in [0, 0.05) is 6.92 Å². The first-order chi connectivity index (χ1) is 10.6. The van der Waals surface area contributed by atoms with Crippen LogP contribution in [0.3, 0.4) is 0 Å². The highest BCUT2D eigenvalue weighted by molar-refractivity contribution is 5.92. The topological polar surface area (TPSA) is 82.1 Å². The molecule has 0 aliphatic rings. The van der Waals surface area contributed by atoms with Crippen molar-refractivity contribution in [3.05, 3.63) is 29.8 Å². The molecule has 0 fully saturated rings. The zero-order valence-electron chi connectivity index (χ0n) is 13.9. The van der Waals surface area contributed by atoms with Crippen LogP contribution in [0, 0.1) is 0 Å². The van der Waals surface area contributed by atoms with Crippen molar-refractivity contribution in [1.82, 2.24) is 0 Å². The lowest BCUT2D eigenvalue weighted by atomic mass is 10.2. The molecule has 0 radical (unpaired) electrons. The van der Waals surface area contributed by atoms with E-state index >= 15 is 0 Å². The van der Waals surface area contributed by atoms with Gasteiger partial charge in [0.1, 0.15) is 5.60 Å². The van der Waals surface area contributed by atoms with E-state index in [1.165, 1.54) is 26.2 Å². The molecule has 0 aliphatic heterocycles. The quantitative estimate of drug-likeness (QED) is 0.481. The van der Waals surface area contributed by atoms with Gasteiger partial charge < -0.3 is 14.2 Å². The van der Waals surface area contributed by atoms with Crippen molar-refractivity contribution in [2.45, 2.75) is 33.3 Å². The Bertz CT molecular complexity index is 573. The van der Waals surface area contributed by atoms with Crippen LogP contribution < -0.4 is 4.90 Å². The number of carbonyl (C=O) groups is 3. The van der Waals surface area contributed by atoms with Gasteiger partial charge in [-0.1, -0.05) is 0 Å². The number of rotatable bonds is 4. The van der Waals surface area contributed by atoms with Crippen molar-refractivity contribution < 1.29 is 28.6 Å². The largest absolute Gasteiger partial charge is 0.465 e. The van der Waals surface area contributed by atoms with E-state index in [-0.39, 0.29) is 6.73 Å². The fraction of sp³-hybridized carbons (Fsp3) is 0.438. The lowest BCUT2D eigenvalue weighted by Gasteiger charge is -2.27. The summed E-state index contributed by atoms with van der Waals surface area (Å²) < 4.78 is 14.8. The Morgan fingerprint density at radius 2 is 1.65 bits per heavy atom. The van der Waals surface area contributed by atoms with Crippen LogP contribution in [0.5, 0.6) is 0 Å². The minimum absolute atomic E-state index is 0.290. The fourth-order valence-electron chi connectivity index (χ4n) is 1.60. The Balaban J connectivity index is 3.01. The van der Waals surface area contributed by atoms with Gasteiger partial charge in [-0.2, -0.15) is 0 Å². The first-order valence-electron chi connectivity index (χ1n) is 6.96. The first kappa shape index (κ1) is 18.5. The summed E-state index contributed by atoms with van der Waals surface area (Å²) in [5.41, 5.74) is 0.0679. The number of methoxy groups -OCH3 is 1. The molecule has 0 spiro atoms. The van der Waals surface area contributed by atoms with Gasteiger partial charge in [-0.3, -0.25) is 4.79 Å². The molecule has 0 aromatic heterocycles. The Labute approximate surface area is 135 Å².